The summed E-state index contributed by atoms with van der Waals surface area (Å²) in [5.74, 6) is 1.01. The fourth-order valence-electron chi connectivity index (χ4n) is 1.58. The molecule has 3 heteroatoms. The van der Waals surface area contributed by atoms with Crippen molar-refractivity contribution in [1.29, 1.82) is 0 Å². The number of hydrogen-bond donors (Lipinski definition) is 1. The van der Waals surface area contributed by atoms with Crippen molar-refractivity contribution in [3.05, 3.63) is 28.2 Å². The van der Waals surface area contributed by atoms with Crippen LogP contribution >= 0.6 is 15.9 Å². The van der Waals surface area contributed by atoms with Gasteiger partial charge in [0.25, 0.3) is 0 Å². The minimum atomic E-state index is 0.734. The van der Waals surface area contributed by atoms with Crippen LogP contribution in [0.1, 0.15) is 31.7 Å². The molecule has 0 bridgehead atoms. The summed E-state index contributed by atoms with van der Waals surface area (Å²) >= 11 is 3.50. The molecule has 0 saturated heterocycles. The Bertz CT molecular complexity index is 350. The van der Waals surface area contributed by atoms with Crippen molar-refractivity contribution < 1.29 is 4.74 Å². The number of ether oxygens (including phenoxy) is 1. The van der Waals surface area contributed by atoms with Crippen molar-refractivity contribution in [2.45, 2.75) is 38.8 Å². The zero-order chi connectivity index (χ0) is 11.4. The van der Waals surface area contributed by atoms with Gasteiger partial charge in [0.15, 0.2) is 0 Å². The Morgan fingerprint density at radius 3 is 2.94 bits per heavy atom. The van der Waals surface area contributed by atoms with Gasteiger partial charge in [-0.25, -0.2) is 0 Å². The van der Waals surface area contributed by atoms with E-state index < -0.39 is 0 Å². The summed E-state index contributed by atoms with van der Waals surface area (Å²) in [5, 5.41) is 3.52. The van der Waals surface area contributed by atoms with E-state index in [1.807, 2.05) is 12.1 Å². The first-order valence-electron chi connectivity index (χ1n) is 5.94. The van der Waals surface area contributed by atoms with Gasteiger partial charge in [-0.05, 0) is 37.5 Å². The molecule has 16 heavy (non-hydrogen) atoms. The summed E-state index contributed by atoms with van der Waals surface area (Å²) in [6.45, 7) is 3.82. The van der Waals surface area contributed by atoms with Crippen molar-refractivity contribution in [3.8, 4) is 5.75 Å². The van der Waals surface area contributed by atoms with Gasteiger partial charge in [0.05, 0.1) is 6.61 Å². The van der Waals surface area contributed by atoms with Gasteiger partial charge in [0, 0.05) is 22.6 Å². The zero-order valence-corrected chi connectivity index (χ0v) is 11.2. The summed E-state index contributed by atoms with van der Waals surface area (Å²) in [4.78, 5) is 0. The minimum absolute atomic E-state index is 0.734. The number of benzene rings is 1. The molecule has 0 aromatic heterocycles. The molecule has 2 rings (SSSR count). The molecule has 0 amide bonds. The first-order valence-corrected chi connectivity index (χ1v) is 6.73. The first-order chi connectivity index (χ1) is 7.79. The Morgan fingerprint density at radius 2 is 2.25 bits per heavy atom. The molecule has 0 spiro atoms. The maximum Gasteiger partial charge on any atom is 0.123 e. The lowest BCUT2D eigenvalue weighted by Gasteiger charge is -2.12. The summed E-state index contributed by atoms with van der Waals surface area (Å²) in [5.41, 5.74) is 1.25. The number of halogens is 1. The topological polar surface area (TPSA) is 21.3 Å². The fraction of sp³-hybridized carbons (Fsp3) is 0.538. The third-order valence-electron chi connectivity index (χ3n) is 2.64. The third-order valence-corrected chi connectivity index (χ3v) is 3.14. The lowest BCUT2D eigenvalue weighted by molar-refractivity contribution is 0.313. The Balaban J connectivity index is 2.01. The molecule has 1 N–H and O–H groups in total. The van der Waals surface area contributed by atoms with Gasteiger partial charge >= 0.3 is 0 Å². The maximum atomic E-state index is 5.73. The van der Waals surface area contributed by atoms with Crippen LogP contribution in [0.25, 0.3) is 0 Å². The molecule has 0 heterocycles. The molecule has 1 aliphatic carbocycles. The van der Waals surface area contributed by atoms with Crippen LogP contribution < -0.4 is 10.1 Å². The average molecular weight is 284 g/mol. The van der Waals surface area contributed by atoms with E-state index in [1.54, 1.807) is 0 Å². The van der Waals surface area contributed by atoms with Crippen LogP contribution in [0.2, 0.25) is 0 Å². The van der Waals surface area contributed by atoms with Crippen molar-refractivity contribution in [3.63, 3.8) is 0 Å². The van der Waals surface area contributed by atoms with Crippen LogP contribution in [0.4, 0.5) is 0 Å². The number of rotatable bonds is 6. The Hall–Kier alpha value is -0.540. The summed E-state index contributed by atoms with van der Waals surface area (Å²) in [6.07, 6.45) is 3.68. The molecule has 0 atom stereocenters. The van der Waals surface area contributed by atoms with E-state index >= 15 is 0 Å². The second-order valence-corrected chi connectivity index (χ2v) is 5.17. The quantitative estimate of drug-likeness (QED) is 0.863. The zero-order valence-electron chi connectivity index (χ0n) is 9.63. The van der Waals surface area contributed by atoms with Crippen molar-refractivity contribution >= 4 is 15.9 Å². The van der Waals surface area contributed by atoms with E-state index in [1.165, 1.54) is 18.4 Å². The Morgan fingerprint density at radius 1 is 1.44 bits per heavy atom. The van der Waals surface area contributed by atoms with Gasteiger partial charge < -0.3 is 10.1 Å². The molecule has 0 aliphatic heterocycles. The van der Waals surface area contributed by atoms with E-state index in [0.717, 1.165) is 35.8 Å². The third kappa shape index (κ3) is 3.49. The summed E-state index contributed by atoms with van der Waals surface area (Å²) in [6, 6.07) is 6.95. The molecule has 1 aromatic rings. The number of nitrogens with one attached hydrogen (secondary N) is 1. The second-order valence-electron chi connectivity index (χ2n) is 4.26. The molecule has 1 saturated carbocycles. The van der Waals surface area contributed by atoms with Gasteiger partial charge in [-0.15, -0.1) is 0 Å². The summed E-state index contributed by atoms with van der Waals surface area (Å²) < 4.78 is 6.85. The van der Waals surface area contributed by atoms with Gasteiger partial charge in [0.2, 0.25) is 0 Å². The Labute approximate surface area is 106 Å². The SMILES string of the molecule is CCCOc1ccc(Br)cc1CNC1CC1. The first kappa shape index (κ1) is 11.9. The monoisotopic (exact) mass is 283 g/mol. The van der Waals surface area contributed by atoms with Crippen molar-refractivity contribution in [1.82, 2.24) is 5.32 Å². The predicted octanol–water partition coefficient (Wildman–Crippen LogP) is 3.49. The number of hydrogen-bond acceptors (Lipinski definition) is 2. The van der Waals surface area contributed by atoms with Crippen LogP contribution in [0.15, 0.2) is 22.7 Å². The fourth-order valence-corrected chi connectivity index (χ4v) is 1.99. The molecular weight excluding hydrogens is 266 g/mol. The molecule has 1 aliphatic rings. The molecular formula is C13H18BrNO. The minimum Gasteiger partial charge on any atom is -0.493 e. The molecule has 0 unspecified atom stereocenters. The highest BCUT2D eigenvalue weighted by molar-refractivity contribution is 9.10. The lowest BCUT2D eigenvalue weighted by Crippen LogP contribution is -2.16. The molecule has 88 valence electrons. The van der Waals surface area contributed by atoms with Gasteiger partial charge in [0.1, 0.15) is 5.75 Å². The standard InChI is InChI=1S/C13H18BrNO/c1-2-7-16-13-6-3-11(14)8-10(13)9-15-12-4-5-12/h3,6,8,12,15H,2,4-5,7,9H2,1H3. The lowest BCUT2D eigenvalue weighted by atomic mass is 10.2. The van der Waals surface area contributed by atoms with Crippen molar-refractivity contribution in [2.24, 2.45) is 0 Å². The highest BCUT2D eigenvalue weighted by Crippen LogP contribution is 2.25. The Kier molecular flexibility index (Phi) is 4.24. The van der Waals surface area contributed by atoms with Gasteiger partial charge in [-0.2, -0.15) is 0 Å². The summed E-state index contributed by atoms with van der Waals surface area (Å²) in [7, 11) is 0. The largest absolute Gasteiger partial charge is 0.493 e. The average Bonchev–Trinajstić information content (AvgIpc) is 3.09. The highest BCUT2D eigenvalue weighted by atomic mass is 79.9. The van der Waals surface area contributed by atoms with Gasteiger partial charge in [-0.3, -0.25) is 0 Å². The van der Waals surface area contributed by atoms with E-state index in [0.29, 0.717) is 0 Å². The second kappa shape index (κ2) is 5.69. The molecule has 0 radical (unpaired) electrons. The van der Waals surface area contributed by atoms with E-state index in [9.17, 15) is 0 Å². The molecule has 1 fully saturated rings. The predicted molar refractivity (Wildman–Crippen MR) is 69.8 cm³/mol. The smallest absolute Gasteiger partial charge is 0.123 e. The van der Waals surface area contributed by atoms with E-state index in [4.69, 9.17) is 4.74 Å². The highest BCUT2D eigenvalue weighted by Gasteiger charge is 2.20. The van der Waals surface area contributed by atoms with Gasteiger partial charge in [-0.1, -0.05) is 22.9 Å². The van der Waals surface area contributed by atoms with Crippen LogP contribution in [0.3, 0.4) is 0 Å². The van der Waals surface area contributed by atoms with E-state index in [2.05, 4.69) is 34.2 Å². The van der Waals surface area contributed by atoms with Crippen LogP contribution in [-0.4, -0.2) is 12.6 Å². The van der Waals surface area contributed by atoms with E-state index in [-0.39, 0.29) is 0 Å². The normalized spacial score (nSPS) is 15.1. The van der Waals surface area contributed by atoms with Crippen LogP contribution in [0, 0.1) is 0 Å². The van der Waals surface area contributed by atoms with Crippen LogP contribution in [0.5, 0.6) is 5.75 Å². The van der Waals surface area contributed by atoms with Crippen molar-refractivity contribution in [2.75, 3.05) is 6.61 Å². The molecule has 2 nitrogen and oxygen atoms in total. The molecule has 1 aromatic carbocycles. The van der Waals surface area contributed by atoms with Crippen LogP contribution in [-0.2, 0) is 6.54 Å². The maximum absolute atomic E-state index is 5.73.